The standard InChI is InChI=1S/C27H42N4O4/c1-9-11-19(5)29-24(32)23(21-14-12-20(10-2)13-15-21)31(17-16-28)25(33)22(18(3)4)30-26(34)35-27(6,7)8/h12-15,18-19,22-23H,9-11,17H2,1-8H3,(H,29,32)(H,30,34). The summed E-state index contributed by atoms with van der Waals surface area (Å²) in [7, 11) is 0. The third-order valence-corrected chi connectivity index (χ3v) is 5.50. The van der Waals surface area contributed by atoms with E-state index < -0.39 is 29.7 Å². The number of amides is 3. The molecular weight excluding hydrogens is 444 g/mol. The molecule has 8 nitrogen and oxygen atoms in total. The van der Waals surface area contributed by atoms with Crippen LogP contribution in [0.2, 0.25) is 0 Å². The SMILES string of the molecule is CCCC(C)NC(=O)C(c1ccc(CC)cc1)N(CC#N)C(=O)C(NC(=O)OC(C)(C)C)C(C)C. The van der Waals surface area contributed by atoms with Gasteiger partial charge in [0.15, 0.2) is 0 Å². The van der Waals surface area contributed by atoms with Crippen LogP contribution in [0.15, 0.2) is 24.3 Å². The van der Waals surface area contributed by atoms with Gasteiger partial charge in [0.1, 0.15) is 24.2 Å². The van der Waals surface area contributed by atoms with Crippen LogP contribution >= 0.6 is 0 Å². The van der Waals surface area contributed by atoms with Crippen molar-refractivity contribution < 1.29 is 19.1 Å². The van der Waals surface area contributed by atoms with Crippen LogP contribution in [0.25, 0.3) is 0 Å². The molecule has 0 aromatic heterocycles. The molecule has 35 heavy (non-hydrogen) atoms. The third-order valence-electron chi connectivity index (χ3n) is 5.50. The van der Waals surface area contributed by atoms with E-state index in [4.69, 9.17) is 4.74 Å². The van der Waals surface area contributed by atoms with Crippen LogP contribution in [0, 0.1) is 17.2 Å². The Morgan fingerprint density at radius 3 is 2.11 bits per heavy atom. The molecule has 0 spiro atoms. The van der Waals surface area contributed by atoms with Gasteiger partial charge in [0, 0.05) is 6.04 Å². The number of ether oxygens (including phenoxy) is 1. The first-order chi connectivity index (χ1) is 16.3. The van der Waals surface area contributed by atoms with Crippen molar-refractivity contribution in [3.05, 3.63) is 35.4 Å². The number of benzene rings is 1. The van der Waals surface area contributed by atoms with Crippen LogP contribution in [0.3, 0.4) is 0 Å². The number of hydrogen-bond acceptors (Lipinski definition) is 5. The Labute approximate surface area is 210 Å². The average Bonchev–Trinajstić information content (AvgIpc) is 2.75. The first-order valence-corrected chi connectivity index (χ1v) is 12.4. The Kier molecular flexibility index (Phi) is 11.7. The number of carbonyl (C=O) groups is 3. The van der Waals surface area contributed by atoms with Crippen LogP contribution < -0.4 is 10.6 Å². The molecule has 0 bridgehead atoms. The molecule has 3 amide bonds. The predicted octanol–water partition coefficient (Wildman–Crippen LogP) is 4.50. The summed E-state index contributed by atoms with van der Waals surface area (Å²) in [5.74, 6) is -1.18. The van der Waals surface area contributed by atoms with E-state index in [1.807, 2.05) is 51.1 Å². The Bertz CT molecular complexity index is 884. The van der Waals surface area contributed by atoms with Crippen LogP contribution in [-0.4, -0.2) is 47.0 Å². The van der Waals surface area contributed by atoms with E-state index in [-0.39, 0.29) is 24.4 Å². The molecule has 194 valence electrons. The molecule has 0 saturated heterocycles. The number of rotatable bonds is 11. The monoisotopic (exact) mass is 486 g/mol. The Hall–Kier alpha value is -3.08. The highest BCUT2D eigenvalue weighted by Gasteiger charge is 2.37. The largest absolute Gasteiger partial charge is 0.444 e. The number of nitrogens with one attached hydrogen (secondary N) is 2. The van der Waals surface area contributed by atoms with E-state index in [1.54, 1.807) is 34.6 Å². The number of hydrogen-bond donors (Lipinski definition) is 2. The third kappa shape index (κ3) is 9.59. The number of carbonyl (C=O) groups excluding carboxylic acids is 3. The smallest absolute Gasteiger partial charge is 0.408 e. The van der Waals surface area contributed by atoms with Gasteiger partial charge in [-0.2, -0.15) is 5.26 Å². The normalized spacial score (nSPS) is 13.8. The van der Waals surface area contributed by atoms with Crippen LogP contribution in [0.4, 0.5) is 4.79 Å². The van der Waals surface area contributed by atoms with Crippen LogP contribution in [-0.2, 0) is 20.7 Å². The molecule has 2 N–H and O–H groups in total. The molecule has 3 atom stereocenters. The Balaban J connectivity index is 3.42. The molecule has 1 aromatic rings. The molecule has 3 unspecified atom stereocenters. The summed E-state index contributed by atoms with van der Waals surface area (Å²) in [5.41, 5.74) is 0.962. The summed E-state index contributed by atoms with van der Waals surface area (Å²) in [6.07, 6.45) is 1.79. The lowest BCUT2D eigenvalue weighted by Gasteiger charge is -2.34. The lowest BCUT2D eigenvalue weighted by Crippen LogP contribution is -2.55. The number of nitrogens with zero attached hydrogens (tertiary/aromatic N) is 2. The van der Waals surface area contributed by atoms with Gasteiger partial charge >= 0.3 is 6.09 Å². The van der Waals surface area contributed by atoms with E-state index in [1.165, 1.54) is 4.90 Å². The van der Waals surface area contributed by atoms with Gasteiger partial charge in [0.05, 0.1) is 6.07 Å². The Morgan fingerprint density at radius 1 is 1.06 bits per heavy atom. The van der Waals surface area contributed by atoms with Crippen molar-refractivity contribution in [1.82, 2.24) is 15.5 Å². The fraction of sp³-hybridized carbons (Fsp3) is 0.630. The lowest BCUT2D eigenvalue weighted by molar-refractivity contribution is -0.142. The van der Waals surface area contributed by atoms with Gasteiger partial charge in [-0.1, -0.05) is 58.4 Å². The molecule has 0 saturated carbocycles. The molecule has 0 aliphatic heterocycles. The number of alkyl carbamates (subject to hydrolysis) is 1. The van der Waals surface area contributed by atoms with Gasteiger partial charge in [0.2, 0.25) is 11.8 Å². The Morgan fingerprint density at radius 2 is 1.66 bits per heavy atom. The minimum Gasteiger partial charge on any atom is -0.444 e. The average molecular weight is 487 g/mol. The predicted molar refractivity (Wildman–Crippen MR) is 136 cm³/mol. The summed E-state index contributed by atoms with van der Waals surface area (Å²) in [6.45, 7) is 14.5. The van der Waals surface area contributed by atoms with Crippen molar-refractivity contribution in [2.45, 2.75) is 98.4 Å². The summed E-state index contributed by atoms with van der Waals surface area (Å²) >= 11 is 0. The quantitative estimate of drug-likeness (QED) is 0.448. The number of nitriles is 1. The first kappa shape index (κ1) is 30.0. The zero-order chi connectivity index (χ0) is 26.8. The summed E-state index contributed by atoms with van der Waals surface area (Å²) in [5, 5.41) is 15.2. The van der Waals surface area contributed by atoms with E-state index >= 15 is 0 Å². The van der Waals surface area contributed by atoms with Crippen LogP contribution in [0.5, 0.6) is 0 Å². The molecule has 0 heterocycles. The lowest BCUT2D eigenvalue weighted by atomic mass is 9.97. The van der Waals surface area contributed by atoms with Gasteiger partial charge in [-0.15, -0.1) is 0 Å². The second kappa shape index (κ2) is 13.7. The molecule has 8 heteroatoms. The van der Waals surface area contributed by atoms with Gasteiger partial charge in [-0.05, 0) is 57.6 Å². The van der Waals surface area contributed by atoms with Crippen molar-refractivity contribution >= 4 is 17.9 Å². The summed E-state index contributed by atoms with van der Waals surface area (Å²) in [4.78, 5) is 41.0. The van der Waals surface area contributed by atoms with E-state index in [0.29, 0.717) is 5.56 Å². The van der Waals surface area contributed by atoms with Crippen molar-refractivity contribution in [3.8, 4) is 6.07 Å². The summed E-state index contributed by atoms with van der Waals surface area (Å²) < 4.78 is 5.34. The van der Waals surface area contributed by atoms with Gasteiger partial charge in [0.25, 0.3) is 0 Å². The highest BCUT2D eigenvalue weighted by Crippen LogP contribution is 2.25. The van der Waals surface area contributed by atoms with Gasteiger partial charge < -0.3 is 20.3 Å². The molecule has 0 aliphatic carbocycles. The summed E-state index contributed by atoms with van der Waals surface area (Å²) in [6, 6.07) is 7.40. The van der Waals surface area contributed by atoms with Crippen molar-refractivity contribution in [1.29, 1.82) is 5.26 Å². The van der Waals surface area contributed by atoms with Gasteiger partial charge in [-0.25, -0.2) is 4.79 Å². The highest BCUT2D eigenvalue weighted by molar-refractivity contribution is 5.92. The second-order valence-electron chi connectivity index (χ2n) is 10.2. The minimum atomic E-state index is -1.02. The van der Waals surface area contributed by atoms with Gasteiger partial charge in [-0.3, -0.25) is 9.59 Å². The molecule has 0 radical (unpaired) electrons. The second-order valence-corrected chi connectivity index (χ2v) is 10.2. The zero-order valence-corrected chi connectivity index (χ0v) is 22.5. The van der Waals surface area contributed by atoms with Crippen molar-refractivity contribution in [2.24, 2.45) is 5.92 Å². The topological polar surface area (TPSA) is 112 Å². The first-order valence-electron chi connectivity index (χ1n) is 12.4. The fourth-order valence-electron chi connectivity index (χ4n) is 3.73. The molecule has 1 aromatic carbocycles. The molecule has 1 rings (SSSR count). The molecule has 0 aliphatic rings. The van der Waals surface area contributed by atoms with E-state index in [0.717, 1.165) is 24.8 Å². The molecular formula is C27H42N4O4. The zero-order valence-electron chi connectivity index (χ0n) is 22.5. The number of aryl methyl sites for hydroxylation is 1. The maximum absolute atomic E-state index is 13.8. The fourth-order valence-corrected chi connectivity index (χ4v) is 3.73. The maximum Gasteiger partial charge on any atom is 0.408 e. The van der Waals surface area contributed by atoms with Crippen molar-refractivity contribution in [2.75, 3.05) is 6.54 Å². The molecule has 0 fully saturated rings. The van der Waals surface area contributed by atoms with Crippen LogP contribution in [0.1, 0.15) is 85.4 Å². The van der Waals surface area contributed by atoms with E-state index in [9.17, 15) is 19.6 Å². The van der Waals surface area contributed by atoms with Crippen molar-refractivity contribution in [3.63, 3.8) is 0 Å². The highest BCUT2D eigenvalue weighted by atomic mass is 16.6. The maximum atomic E-state index is 13.8. The van der Waals surface area contributed by atoms with E-state index in [2.05, 4.69) is 10.6 Å². The minimum absolute atomic E-state index is 0.0928.